The fraction of sp³-hybridized carbons (Fsp3) is 0.243. The molecule has 0 N–H and O–H groups in total. The number of esters is 6. The van der Waals surface area contributed by atoms with Gasteiger partial charge in [-0.05, 0) is 210 Å². The van der Waals surface area contributed by atoms with Crippen LogP contribution in [0.25, 0.3) is 0 Å². The number of ether oxygens (including phenoxy) is 12. The summed E-state index contributed by atoms with van der Waals surface area (Å²) in [7, 11) is 0. The molecule has 125 heavy (non-hydrogen) atoms. The summed E-state index contributed by atoms with van der Waals surface area (Å²) in [5.74, 6) is 5.31. The highest BCUT2D eigenvalue weighted by atomic mass is 127. The third kappa shape index (κ3) is 35.5. The monoisotopic (exact) mass is 1890 g/mol. The largest absolute Gasteiger partial charge is 0.489 e. The second kappa shape index (κ2) is 53.7. The molecule has 0 fully saturated rings. The van der Waals surface area contributed by atoms with Crippen molar-refractivity contribution in [2.75, 3.05) is 0 Å². The first-order valence-corrected chi connectivity index (χ1v) is 43.1. The maximum Gasteiger partial charge on any atom is 0.310 e. The first-order chi connectivity index (χ1) is 60.2. The molecule has 0 heterocycles. The molecule has 0 radical (unpaired) electrons. The minimum atomic E-state index is -0.455. The van der Waals surface area contributed by atoms with E-state index in [1.165, 1.54) is 34.4 Å². The van der Waals surface area contributed by atoms with Crippen LogP contribution in [0.1, 0.15) is 152 Å². The highest BCUT2D eigenvalue weighted by molar-refractivity contribution is 14.1. The van der Waals surface area contributed by atoms with E-state index < -0.39 is 11.8 Å². The van der Waals surface area contributed by atoms with Crippen molar-refractivity contribution in [2.45, 2.75) is 168 Å². The normalized spacial score (nSPS) is 10.2. The highest BCUT2D eigenvalue weighted by Gasteiger charge is 2.19. The van der Waals surface area contributed by atoms with Crippen molar-refractivity contribution in [3.05, 3.63) is 352 Å². The second-order valence-corrected chi connectivity index (χ2v) is 30.5. The average molecular weight is 1890 g/mol. The Kier molecular flexibility index (Phi) is 42.8. The second-order valence-electron chi connectivity index (χ2n) is 28.1. The molecule has 0 saturated heterocycles. The van der Waals surface area contributed by atoms with Crippen LogP contribution in [0.4, 0.5) is 4.39 Å². The van der Waals surface area contributed by atoms with Gasteiger partial charge in [0.15, 0.2) is 0 Å². The summed E-state index contributed by atoms with van der Waals surface area (Å²) in [5, 5.41) is 0.517. The molecule has 0 aromatic heterocycles. The van der Waals surface area contributed by atoms with Gasteiger partial charge < -0.3 is 56.8 Å². The molecule has 0 bridgehead atoms. The van der Waals surface area contributed by atoms with Crippen LogP contribution in [0, 0.1) is 57.9 Å². The lowest BCUT2D eigenvalue weighted by molar-refractivity contribution is -0.135. The minimum absolute atomic E-state index is 0.00205. The van der Waals surface area contributed by atoms with E-state index in [2.05, 4.69) is 38.5 Å². The van der Waals surface area contributed by atoms with E-state index in [1.54, 1.807) is 90.1 Å². The Morgan fingerprint density at radius 1 is 0.280 bits per heavy atom. The Bertz CT molecular complexity index is 4760. The molecule has 12 aromatic carbocycles. The maximum absolute atomic E-state index is 13.9. The van der Waals surface area contributed by atoms with Crippen LogP contribution >= 0.6 is 50.1 Å². The SMILES string of the molecule is CCC(=O)Oc1cccc(Br)c1COc1ccc(C)cc1.CCC(=O)Oc1cccc(C)c1COc1ccc(C)cc1.CCC(=O)Oc1cccc(Cl)c1COc1ccc(C)cc1.CCC(=O)Oc1cccc(F)c1COc1ccc(C)cc1.CCC(=O)Oc1cccc(I)c1COc1ccc(C)cc1.CCC(=O)Oc1ccccc1COc1ccc(C)cc1. The fourth-order valence-corrected chi connectivity index (χ4v) is 12.0. The Morgan fingerprint density at radius 2 is 0.536 bits per heavy atom. The van der Waals surface area contributed by atoms with Gasteiger partial charge in [0.05, 0.1) is 16.1 Å². The van der Waals surface area contributed by atoms with Gasteiger partial charge in [-0.25, -0.2) is 4.39 Å². The molecule has 0 aliphatic rings. The molecular weight excluding hydrogens is 1790 g/mol. The van der Waals surface area contributed by atoms with E-state index in [1.807, 2.05) is 249 Å². The van der Waals surface area contributed by atoms with Crippen molar-refractivity contribution in [1.29, 1.82) is 0 Å². The van der Waals surface area contributed by atoms with Crippen molar-refractivity contribution in [2.24, 2.45) is 0 Å². The molecule has 22 heteroatoms. The number of hydrogen-bond donors (Lipinski definition) is 0. The summed E-state index contributed by atoms with van der Waals surface area (Å²) in [6, 6.07) is 80.4. The molecule has 18 nitrogen and oxygen atoms in total. The van der Waals surface area contributed by atoms with Gasteiger partial charge in [0.25, 0.3) is 0 Å². The maximum atomic E-state index is 13.9. The fourth-order valence-electron chi connectivity index (χ4n) is 10.7. The van der Waals surface area contributed by atoms with Crippen LogP contribution < -0.4 is 56.8 Å². The summed E-state index contributed by atoms with van der Waals surface area (Å²) in [6.07, 6.45) is 1.94. The molecule has 0 aliphatic carbocycles. The van der Waals surface area contributed by atoms with E-state index >= 15 is 0 Å². The lowest BCUT2D eigenvalue weighted by Gasteiger charge is -2.13. The molecule has 0 amide bonds. The van der Waals surface area contributed by atoms with Crippen LogP contribution in [0.15, 0.2) is 265 Å². The zero-order chi connectivity index (χ0) is 90.6. The Hall–Kier alpha value is -12.3. The van der Waals surface area contributed by atoms with E-state index in [0.717, 1.165) is 75.7 Å². The van der Waals surface area contributed by atoms with E-state index in [0.29, 0.717) is 104 Å². The number of rotatable bonds is 30. The molecule has 0 unspecified atom stereocenters. The summed E-state index contributed by atoms with van der Waals surface area (Å²) in [6.45, 7) is 26.3. The number of benzene rings is 12. The standard InChI is InChI=1S/C18H20O3.C17H17BrO3.C17H17ClO3.C17H17FO3.C17H17IO3.C17H18O3/c1-4-18(19)21-17-7-5-6-14(3)16(17)12-20-15-10-8-13(2)9-11-15;4*1-3-17(19)21-16-6-4-5-15(18)14(16)11-20-13-9-7-12(2)8-10-13;1-3-17(18)20-16-7-5-4-6-14(16)12-19-15-10-8-13(2)9-11-15/h5-11H,4,12H2,1-3H3;4*4-10H,3,11H2,1-2H3;4-11H,3,12H2,1-2H3. The van der Waals surface area contributed by atoms with Crippen molar-refractivity contribution in [3.8, 4) is 69.0 Å². The number of hydrogen-bond acceptors (Lipinski definition) is 18. The summed E-state index contributed by atoms with van der Waals surface area (Å²) >= 11 is 11.9. The van der Waals surface area contributed by atoms with Crippen LogP contribution in [-0.4, -0.2) is 35.8 Å². The minimum Gasteiger partial charge on any atom is -0.489 e. The first-order valence-electron chi connectivity index (χ1n) is 40.8. The zero-order valence-corrected chi connectivity index (χ0v) is 77.2. The predicted octanol–water partition coefficient (Wildman–Crippen LogP) is 25.8. The summed E-state index contributed by atoms with van der Waals surface area (Å²) in [4.78, 5) is 68.7. The van der Waals surface area contributed by atoms with Gasteiger partial charge in [0.1, 0.15) is 114 Å². The zero-order valence-electron chi connectivity index (χ0n) is 72.7. The number of carbonyl (C=O) groups excluding carboxylic acids is 6. The van der Waals surface area contributed by atoms with Gasteiger partial charge in [-0.2, -0.15) is 0 Å². The molecule has 0 spiro atoms. The van der Waals surface area contributed by atoms with Crippen LogP contribution in [0.2, 0.25) is 5.02 Å². The van der Waals surface area contributed by atoms with Gasteiger partial charge in [0.2, 0.25) is 0 Å². The molecule has 654 valence electrons. The predicted molar refractivity (Wildman–Crippen MR) is 497 cm³/mol. The molecule has 12 rings (SSSR count). The summed E-state index contributed by atoms with van der Waals surface area (Å²) in [5.41, 5.74) is 12.4. The smallest absolute Gasteiger partial charge is 0.310 e. The van der Waals surface area contributed by atoms with Gasteiger partial charge in [0, 0.05) is 68.8 Å². The molecule has 0 atom stereocenters. The van der Waals surface area contributed by atoms with Gasteiger partial charge in [-0.15, -0.1) is 0 Å². The van der Waals surface area contributed by atoms with Crippen LogP contribution in [0.5, 0.6) is 69.0 Å². The van der Waals surface area contributed by atoms with Gasteiger partial charge >= 0.3 is 35.8 Å². The van der Waals surface area contributed by atoms with Crippen LogP contribution in [0.3, 0.4) is 0 Å². The number of halogens is 4. The van der Waals surface area contributed by atoms with Gasteiger partial charge in [-0.3, -0.25) is 28.8 Å². The lowest BCUT2D eigenvalue weighted by Crippen LogP contribution is -2.09. The van der Waals surface area contributed by atoms with Crippen molar-refractivity contribution in [3.63, 3.8) is 0 Å². The van der Waals surface area contributed by atoms with E-state index in [9.17, 15) is 33.2 Å². The van der Waals surface area contributed by atoms with Crippen molar-refractivity contribution in [1.82, 2.24) is 0 Å². The molecule has 0 saturated carbocycles. The molecule has 12 aromatic rings. The molecular formula is C103H106BrClFIO18. The first kappa shape index (κ1) is 99.8. The van der Waals surface area contributed by atoms with E-state index in [4.69, 9.17) is 68.4 Å². The third-order valence-corrected chi connectivity index (χ3v) is 20.3. The van der Waals surface area contributed by atoms with Crippen molar-refractivity contribution < 1.29 is 90.0 Å². The van der Waals surface area contributed by atoms with E-state index in [-0.39, 0.29) is 60.8 Å². The van der Waals surface area contributed by atoms with Gasteiger partial charge in [-0.1, -0.05) is 230 Å². The summed E-state index contributed by atoms with van der Waals surface area (Å²) < 4.78 is 81.8. The Morgan fingerprint density at radius 3 is 0.912 bits per heavy atom. The quantitative estimate of drug-likeness (QED) is 0.0232. The Balaban J connectivity index is 0.000000206. The topological polar surface area (TPSA) is 213 Å². The Labute approximate surface area is 759 Å². The average Bonchev–Trinajstić information content (AvgIpc) is 0.865. The van der Waals surface area contributed by atoms with Crippen molar-refractivity contribution >= 4 is 85.9 Å². The highest BCUT2D eigenvalue weighted by Crippen LogP contribution is 2.34. The van der Waals surface area contributed by atoms with Crippen LogP contribution in [-0.2, 0) is 68.4 Å². The lowest BCUT2D eigenvalue weighted by atomic mass is 10.1. The number of carbonyl (C=O) groups is 6. The number of aryl methyl sites for hydroxylation is 7. The number of para-hydroxylation sites is 1. The third-order valence-electron chi connectivity index (χ3n) is 18.2. The molecule has 0 aliphatic heterocycles.